The SMILES string of the molecule is CS(=O)(=O)c1cc(-c2ccccc2)ccc1N. The summed E-state index contributed by atoms with van der Waals surface area (Å²) < 4.78 is 23.1. The zero-order chi connectivity index (χ0) is 12.5. The van der Waals surface area contributed by atoms with E-state index < -0.39 is 9.84 Å². The van der Waals surface area contributed by atoms with E-state index in [2.05, 4.69) is 0 Å². The first-order chi connectivity index (χ1) is 7.98. The van der Waals surface area contributed by atoms with Crippen LogP contribution in [0.3, 0.4) is 0 Å². The number of anilines is 1. The van der Waals surface area contributed by atoms with Gasteiger partial charge in [0.2, 0.25) is 0 Å². The average Bonchev–Trinajstić information content (AvgIpc) is 2.29. The highest BCUT2D eigenvalue weighted by atomic mass is 32.2. The van der Waals surface area contributed by atoms with Gasteiger partial charge in [-0.05, 0) is 23.3 Å². The standard InChI is InChI=1S/C13H13NO2S/c1-17(15,16)13-9-11(7-8-12(13)14)10-5-3-2-4-6-10/h2-9H,14H2,1H3. The Hall–Kier alpha value is -1.81. The molecular formula is C13H13NO2S. The summed E-state index contributed by atoms with van der Waals surface area (Å²) in [4.78, 5) is 0.179. The molecule has 0 atom stereocenters. The maximum atomic E-state index is 11.6. The van der Waals surface area contributed by atoms with Crippen LogP contribution in [0.5, 0.6) is 0 Å². The molecule has 0 aliphatic carbocycles. The quantitative estimate of drug-likeness (QED) is 0.829. The summed E-state index contributed by atoms with van der Waals surface area (Å²) in [6, 6.07) is 14.6. The molecule has 4 heteroatoms. The van der Waals surface area contributed by atoms with Crippen LogP contribution >= 0.6 is 0 Å². The summed E-state index contributed by atoms with van der Waals surface area (Å²) in [5.41, 5.74) is 7.78. The Morgan fingerprint density at radius 1 is 0.941 bits per heavy atom. The largest absolute Gasteiger partial charge is 0.398 e. The molecule has 0 spiro atoms. The molecule has 0 fully saturated rings. The lowest BCUT2D eigenvalue weighted by Gasteiger charge is -2.07. The Morgan fingerprint density at radius 2 is 1.59 bits per heavy atom. The van der Waals surface area contributed by atoms with Gasteiger partial charge in [-0.25, -0.2) is 8.42 Å². The topological polar surface area (TPSA) is 60.2 Å². The molecule has 0 saturated heterocycles. The molecule has 2 aromatic rings. The van der Waals surface area contributed by atoms with Gasteiger partial charge in [0.25, 0.3) is 0 Å². The minimum atomic E-state index is -3.29. The van der Waals surface area contributed by atoms with E-state index >= 15 is 0 Å². The first kappa shape index (κ1) is 11.7. The van der Waals surface area contributed by atoms with Crippen LogP contribution in [0.2, 0.25) is 0 Å². The van der Waals surface area contributed by atoms with E-state index in [0.29, 0.717) is 0 Å². The third kappa shape index (κ3) is 2.47. The van der Waals surface area contributed by atoms with E-state index in [0.717, 1.165) is 17.4 Å². The molecule has 2 aromatic carbocycles. The van der Waals surface area contributed by atoms with Crippen molar-refractivity contribution in [2.45, 2.75) is 4.90 Å². The van der Waals surface area contributed by atoms with Gasteiger partial charge in [-0.15, -0.1) is 0 Å². The van der Waals surface area contributed by atoms with Crippen molar-refractivity contribution >= 4 is 15.5 Å². The van der Waals surface area contributed by atoms with Crippen molar-refractivity contribution in [3.05, 3.63) is 48.5 Å². The second-order valence-corrected chi connectivity index (χ2v) is 5.87. The Kier molecular flexibility index (Phi) is 2.90. The molecule has 0 amide bonds. The molecule has 3 nitrogen and oxygen atoms in total. The van der Waals surface area contributed by atoms with E-state index in [9.17, 15) is 8.42 Å². The van der Waals surface area contributed by atoms with Crippen molar-refractivity contribution in [2.24, 2.45) is 0 Å². The number of sulfone groups is 1. The van der Waals surface area contributed by atoms with Gasteiger partial charge < -0.3 is 5.73 Å². The van der Waals surface area contributed by atoms with Crippen LogP contribution in [-0.4, -0.2) is 14.7 Å². The second-order valence-electron chi connectivity index (χ2n) is 3.89. The Bertz CT molecular complexity index is 634. The molecule has 0 unspecified atom stereocenters. The number of rotatable bonds is 2. The third-order valence-electron chi connectivity index (χ3n) is 2.52. The number of hydrogen-bond donors (Lipinski definition) is 1. The number of benzene rings is 2. The molecule has 0 heterocycles. The Labute approximate surface area is 101 Å². The molecule has 2 rings (SSSR count). The smallest absolute Gasteiger partial charge is 0.177 e. The van der Waals surface area contributed by atoms with Crippen LogP contribution in [0.4, 0.5) is 5.69 Å². The highest BCUT2D eigenvalue weighted by molar-refractivity contribution is 7.90. The molecule has 0 radical (unpaired) electrons. The number of nitrogens with two attached hydrogens (primary N) is 1. The first-order valence-corrected chi connectivity index (χ1v) is 7.02. The summed E-state index contributed by atoms with van der Waals surface area (Å²) in [7, 11) is -3.29. The van der Waals surface area contributed by atoms with E-state index in [4.69, 9.17) is 5.73 Å². The van der Waals surface area contributed by atoms with Gasteiger partial charge in [-0.3, -0.25) is 0 Å². The van der Waals surface area contributed by atoms with Gasteiger partial charge in [0.1, 0.15) is 0 Å². The fraction of sp³-hybridized carbons (Fsp3) is 0.0769. The molecule has 0 bridgehead atoms. The van der Waals surface area contributed by atoms with Crippen LogP contribution in [0, 0.1) is 0 Å². The van der Waals surface area contributed by atoms with Gasteiger partial charge in [0, 0.05) is 6.26 Å². The molecule has 88 valence electrons. The molecule has 0 aliphatic heterocycles. The van der Waals surface area contributed by atoms with Crippen molar-refractivity contribution in [3.8, 4) is 11.1 Å². The van der Waals surface area contributed by atoms with Crippen molar-refractivity contribution in [1.82, 2.24) is 0 Å². The van der Waals surface area contributed by atoms with Gasteiger partial charge >= 0.3 is 0 Å². The highest BCUT2D eigenvalue weighted by Crippen LogP contribution is 2.26. The first-order valence-electron chi connectivity index (χ1n) is 5.13. The molecular weight excluding hydrogens is 234 g/mol. The van der Waals surface area contributed by atoms with Gasteiger partial charge in [0.15, 0.2) is 9.84 Å². The predicted molar refractivity (Wildman–Crippen MR) is 69.4 cm³/mol. The van der Waals surface area contributed by atoms with Gasteiger partial charge in [-0.1, -0.05) is 36.4 Å². The summed E-state index contributed by atoms with van der Waals surface area (Å²) in [6.45, 7) is 0. The maximum absolute atomic E-state index is 11.6. The lowest BCUT2D eigenvalue weighted by atomic mass is 10.1. The van der Waals surface area contributed by atoms with E-state index in [1.165, 1.54) is 0 Å². The van der Waals surface area contributed by atoms with Crippen molar-refractivity contribution < 1.29 is 8.42 Å². The van der Waals surface area contributed by atoms with Crippen molar-refractivity contribution in [2.75, 3.05) is 12.0 Å². The molecule has 17 heavy (non-hydrogen) atoms. The van der Waals surface area contributed by atoms with Crippen molar-refractivity contribution in [1.29, 1.82) is 0 Å². The van der Waals surface area contributed by atoms with Crippen molar-refractivity contribution in [3.63, 3.8) is 0 Å². The highest BCUT2D eigenvalue weighted by Gasteiger charge is 2.12. The third-order valence-corrected chi connectivity index (χ3v) is 3.67. The van der Waals surface area contributed by atoms with Crippen LogP contribution in [0.15, 0.2) is 53.4 Å². The lowest BCUT2D eigenvalue weighted by molar-refractivity contribution is 0.602. The minimum absolute atomic E-state index is 0.179. The fourth-order valence-electron chi connectivity index (χ4n) is 1.67. The molecule has 0 saturated carbocycles. The molecule has 0 aromatic heterocycles. The van der Waals surface area contributed by atoms with Crippen LogP contribution in [0.25, 0.3) is 11.1 Å². The lowest BCUT2D eigenvalue weighted by Crippen LogP contribution is -2.02. The average molecular weight is 247 g/mol. The maximum Gasteiger partial charge on any atom is 0.177 e. The normalized spacial score (nSPS) is 11.4. The minimum Gasteiger partial charge on any atom is -0.398 e. The zero-order valence-corrected chi connectivity index (χ0v) is 10.2. The monoisotopic (exact) mass is 247 g/mol. The number of hydrogen-bond acceptors (Lipinski definition) is 3. The van der Waals surface area contributed by atoms with E-state index in [-0.39, 0.29) is 10.6 Å². The number of nitrogen functional groups attached to an aromatic ring is 1. The second kappa shape index (κ2) is 4.22. The van der Waals surface area contributed by atoms with Crippen LogP contribution < -0.4 is 5.73 Å². The predicted octanol–water partition coefficient (Wildman–Crippen LogP) is 2.34. The molecule has 2 N–H and O–H groups in total. The zero-order valence-electron chi connectivity index (χ0n) is 9.42. The van der Waals surface area contributed by atoms with E-state index in [1.54, 1.807) is 12.1 Å². The summed E-state index contributed by atoms with van der Waals surface area (Å²) >= 11 is 0. The van der Waals surface area contributed by atoms with Gasteiger partial charge in [0.05, 0.1) is 10.6 Å². The van der Waals surface area contributed by atoms with Crippen LogP contribution in [0.1, 0.15) is 0 Å². The van der Waals surface area contributed by atoms with Crippen LogP contribution in [-0.2, 0) is 9.84 Å². The fourth-order valence-corrected chi connectivity index (χ4v) is 2.50. The van der Waals surface area contributed by atoms with E-state index in [1.807, 2.05) is 36.4 Å². The van der Waals surface area contributed by atoms with Gasteiger partial charge in [-0.2, -0.15) is 0 Å². The summed E-state index contributed by atoms with van der Waals surface area (Å²) in [5.74, 6) is 0. The molecule has 0 aliphatic rings. The summed E-state index contributed by atoms with van der Waals surface area (Å²) in [6.07, 6.45) is 1.16. The Morgan fingerprint density at radius 3 is 2.18 bits per heavy atom. The Balaban J connectivity index is 2.61. The summed E-state index contributed by atoms with van der Waals surface area (Å²) in [5, 5.41) is 0.